The van der Waals surface area contributed by atoms with Gasteiger partial charge in [-0.1, -0.05) is 42.0 Å². The number of ether oxygens (including phenoxy) is 1. The Balaban J connectivity index is 1.77. The van der Waals surface area contributed by atoms with E-state index in [0.29, 0.717) is 5.69 Å². The number of hydrogen-bond acceptors (Lipinski definition) is 3. The third-order valence-electron chi connectivity index (χ3n) is 4.70. The maximum atomic E-state index is 9.09. The average molecular weight is 353 g/mol. The molecular formula is C23H19N3O. The molecule has 132 valence electrons. The average Bonchev–Trinajstić information content (AvgIpc) is 3.06. The second-order valence-electron chi connectivity index (χ2n) is 6.56. The minimum Gasteiger partial charge on any atom is -0.495 e. The van der Waals surface area contributed by atoms with Crippen LogP contribution in [0.15, 0.2) is 66.9 Å². The van der Waals surface area contributed by atoms with Crippen molar-refractivity contribution in [3.05, 3.63) is 83.7 Å². The molecule has 0 bridgehead atoms. The number of rotatable bonds is 4. The minimum atomic E-state index is 0.413. The van der Waals surface area contributed by atoms with Crippen molar-refractivity contribution in [1.82, 2.24) is 9.55 Å². The van der Waals surface area contributed by atoms with Crippen LogP contribution in [-0.2, 0) is 6.54 Å². The van der Waals surface area contributed by atoms with Gasteiger partial charge in [0.15, 0.2) is 0 Å². The third-order valence-corrected chi connectivity index (χ3v) is 4.70. The van der Waals surface area contributed by atoms with Crippen LogP contribution in [0, 0.1) is 18.3 Å². The fraction of sp³-hybridized carbons (Fsp3) is 0.130. The fourth-order valence-electron chi connectivity index (χ4n) is 3.27. The molecule has 0 amide bonds. The lowest BCUT2D eigenvalue weighted by Crippen LogP contribution is -1.97. The Kier molecular flexibility index (Phi) is 4.35. The second-order valence-corrected chi connectivity index (χ2v) is 6.56. The molecule has 2 aromatic carbocycles. The van der Waals surface area contributed by atoms with Crippen molar-refractivity contribution < 1.29 is 4.74 Å². The summed E-state index contributed by atoms with van der Waals surface area (Å²) in [5.74, 6) is 0.829. The molecule has 0 unspecified atom stereocenters. The van der Waals surface area contributed by atoms with Gasteiger partial charge in [-0.05, 0) is 36.8 Å². The Morgan fingerprint density at radius 1 is 1.07 bits per heavy atom. The Labute approximate surface area is 158 Å². The predicted molar refractivity (Wildman–Crippen MR) is 107 cm³/mol. The van der Waals surface area contributed by atoms with Crippen LogP contribution in [-0.4, -0.2) is 16.7 Å². The van der Waals surface area contributed by atoms with Crippen LogP contribution in [0.4, 0.5) is 0 Å². The lowest BCUT2D eigenvalue weighted by atomic mass is 10.1. The summed E-state index contributed by atoms with van der Waals surface area (Å²) in [5.41, 5.74) is 5.76. The molecular weight excluding hydrogens is 334 g/mol. The molecule has 0 radical (unpaired) electrons. The second kappa shape index (κ2) is 6.97. The molecule has 0 saturated heterocycles. The van der Waals surface area contributed by atoms with Crippen LogP contribution in [0.1, 0.15) is 16.8 Å². The van der Waals surface area contributed by atoms with Crippen molar-refractivity contribution in [3.63, 3.8) is 0 Å². The molecule has 0 saturated carbocycles. The molecule has 0 N–H and O–H groups in total. The number of hydrogen-bond donors (Lipinski definition) is 0. The number of nitriles is 1. The molecule has 4 aromatic rings. The monoisotopic (exact) mass is 353 g/mol. The highest BCUT2D eigenvalue weighted by atomic mass is 16.5. The van der Waals surface area contributed by atoms with Crippen molar-refractivity contribution in [2.75, 3.05) is 7.11 Å². The summed E-state index contributed by atoms with van der Waals surface area (Å²) in [7, 11) is 1.69. The molecule has 0 aliphatic rings. The summed E-state index contributed by atoms with van der Waals surface area (Å²) < 4.78 is 7.80. The van der Waals surface area contributed by atoms with E-state index < -0.39 is 0 Å². The molecule has 0 aliphatic heterocycles. The Bertz CT molecular complexity index is 1150. The number of aromatic nitrogens is 2. The van der Waals surface area contributed by atoms with Gasteiger partial charge < -0.3 is 9.30 Å². The van der Waals surface area contributed by atoms with Crippen LogP contribution < -0.4 is 4.74 Å². The SMILES string of the molecule is COc1cn(Cc2ccc(C)cc2)c2ccc(-c3cccc(C#N)n3)cc12. The number of fused-ring (bicyclic) bond motifs is 1. The van der Waals surface area contributed by atoms with Gasteiger partial charge in [0, 0.05) is 23.7 Å². The molecule has 0 spiro atoms. The van der Waals surface area contributed by atoms with E-state index in [1.807, 2.05) is 24.4 Å². The number of aryl methyl sites for hydroxylation is 1. The first kappa shape index (κ1) is 16.9. The van der Waals surface area contributed by atoms with E-state index in [1.165, 1.54) is 11.1 Å². The van der Waals surface area contributed by atoms with E-state index in [2.05, 4.69) is 58.9 Å². The maximum Gasteiger partial charge on any atom is 0.144 e. The van der Waals surface area contributed by atoms with Gasteiger partial charge in [0.25, 0.3) is 0 Å². The largest absolute Gasteiger partial charge is 0.495 e. The first-order valence-corrected chi connectivity index (χ1v) is 8.78. The van der Waals surface area contributed by atoms with Gasteiger partial charge in [-0.2, -0.15) is 5.26 Å². The zero-order valence-corrected chi connectivity index (χ0v) is 15.3. The van der Waals surface area contributed by atoms with Crippen molar-refractivity contribution in [1.29, 1.82) is 5.26 Å². The van der Waals surface area contributed by atoms with Crippen molar-refractivity contribution in [2.45, 2.75) is 13.5 Å². The van der Waals surface area contributed by atoms with Crippen LogP contribution >= 0.6 is 0 Å². The Morgan fingerprint density at radius 2 is 1.89 bits per heavy atom. The summed E-state index contributed by atoms with van der Waals surface area (Å²) in [6, 6.07) is 22.3. The van der Waals surface area contributed by atoms with E-state index in [1.54, 1.807) is 13.2 Å². The highest BCUT2D eigenvalue weighted by molar-refractivity contribution is 5.90. The summed E-state index contributed by atoms with van der Waals surface area (Å²) in [6.45, 7) is 2.87. The maximum absolute atomic E-state index is 9.09. The van der Waals surface area contributed by atoms with E-state index in [0.717, 1.165) is 34.5 Å². The third kappa shape index (κ3) is 3.28. The van der Waals surface area contributed by atoms with Crippen molar-refractivity contribution >= 4 is 10.9 Å². The van der Waals surface area contributed by atoms with Crippen molar-refractivity contribution in [2.24, 2.45) is 0 Å². The molecule has 0 aliphatic carbocycles. The molecule has 0 atom stereocenters. The van der Waals surface area contributed by atoms with Gasteiger partial charge in [-0.25, -0.2) is 4.98 Å². The number of benzene rings is 2. The van der Waals surface area contributed by atoms with Crippen LogP contribution in [0.2, 0.25) is 0 Å². The first-order chi connectivity index (χ1) is 13.2. The van der Waals surface area contributed by atoms with Crippen LogP contribution in [0.25, 0.3) is 22.2 Å². The predicted octanol–water partition coefficient (Wildman–Crippen LogP) is 4.94. The van der Waals surface area contributed by atoms with E-state index in [9.17, 15) is 0 Å². The minimum absolute atomic E-state index is 0.413. The molecule has 4 nitrogen and oxygen atoms in total. The normalized spacial score (nSPS) is 10.7. The summed E-state index contributed by atoms with van der Waals surface area (Å²) in [5, 5.41) is 10.1. The summed E-state index contributed by atoms with van der Waals surface area (Å²) >= 11 is 0. The number of pyridine rings is 1. The van der Waals surface area contributed by atoms with E-state index in [4.69, 9.17) is 10.00 Å². The zero-order chi connectivity index (χ0) is 18.8. The zero-order valence-electron chi connectivity index (χ0n) is 15.3. The van der Waals surface area contributed by atoms with E-state index in [-0.39, 0.29) is 0 Å². The first-order valence-electron chi connectivity index (χ1n) is 8.78. The Hall–Kier alpha value is -3.58. The molecule has 2 aromatic heterocycles. The lowest BCUT2D eigenvalue weighted by Gasteiger charge is -2.07. The topological polar surface area (TPSA) is 50.8 Å². The van der Waals surface area contributed by atoms with Crippen molar-refractivity contribution in [3.8, 4) is 23.1 Å². The standard InChI is InChI=1S/C23H19N3O/c1-16-6-8-17(9-7-16)14-26-15-23(27-2)20-12-18(10-11-22(20)26)21-5-3-4-19(13-24)25-21/h3-12,15H,14H2,1-2H3. The van der Waals surface area contributed by atoms with Gasteiger partial charge in [0.1, 0.15) is 17.5 Å². The molecule has 2 heterocycles. The van der Waals surface area contributed by atoms with E-state index >= 15 is 0 Å². The van der Waals surface area contributed by atoms with Gasteiger partial charge in [0.05, 0.1) is 18.3 Å². The molecule has 27 heavy (non-hydrogen) atoms. The highest BCUT2D eigenvalue weighted by Gasteiger charge is 2.12. The number of nitrogens with zero attached hydrogens (tertiary/aromatic N) is 3. The van der Waals surface area contributed by atoms with Gasteiger partial charge >= 0.3 is 0 Å². The molecule has 0 fully saturated rings. The summed E-state index contributed by atoms with van der Waals surface area (Å²) in [4.78, 5) is 4.40. The highest BCUT2D eigenvalue weighted by Crippen LogP contribution is 2.32. The summed E-state index contributed by atoms with van der Waals surface area (Å²) in [6.07, 6.45) is 2.04. The number of methoxy groups -OCH3 is 1. The van der Waals surface area contributed by atoms with Crippen LogP contribution in [0.3, 0.4) is 0 Å². The van der Waals surface area contributed by atoms with Gasteiger partial charge in [0.2, 0.25) is 0 Å². The molecule has 4 rings (SSSR count). The lowest BCUT2D eigenvalue weighted by molar-refractivity contribution is 0.418. The van der Waals surface area contributed by atoms with Crippen LogP contribution in [0.5, 0.6) is 5.75 Å². The van der Waals surface area contributed by atoms with Gasteiger partial charge in [-0.3, -0.25) is 0 Å². The smallest absolute Gasteiger partial charge is 0.144 e. The van der Waals surface area contributed by atoms with Gasteiger partial charge in [-0.15, -0.1) is 0 Å². The Morgan fingerprint density at radius 3 is 2.63 bits per heavy atom. The fourth-order valence-corrected chi connectivity index (χ4v) is 3.27. The quantitative estimate of drug-likeness (QED) is 0.522. The molecule has 4 heteroatoms.